The monoisotopic (exact) mass is 489 g/mol. The van der Waals surface area contributed by atoms with E-state index >= 15 is 0 Å². The number of likely N-dealkylation sites (tertiary alicyclic amines) is 1. The molecule has 7 nitrogen and oxygen atoms in total. The van der Waals surface area contributed by atoms with Gasteiger partial charge in [0.25, 0.3) is 0 Å². The number of alkyl halides is 1. The van der Waals surface area contributed by atoms with E-state index in [9.17, 15) is 23.6 Å². The van der Waals surface area contributed by atoms with Crippen molar-refractivity contribution in [2.45, 2.75) is 62.9 Å². The first-order chi connectivity index (χ1) is 16.4. The fraction of sp³-hybridized carbons (Fsp3) is 0.583. The third-order valence-corrected chi connectivity index (χ3v) is 8.57. The van der Waals surface area contributed by atoms with E-state index in [1.54, 1.807) is 11.0 Å². The Morgan fingerprint density at radius 1 is 1.24 bits per heavy atom. The number of aromatic nitrogens is 1. The van der Waals surface area contributed by atoms with Crippen LogP contribution in [0, 0.1) is 22.6 Å². The molecule has 1 aromatic carbocycles. The van der Waals surface area contributed by atoms with Gasteiger partial charge in [-0.2, -0.15) is 5.26 Å². The number of fused-ring (bicyclic) bond motifs is 4. The van der Waals surface area contributed by atoms with Crippen LogP contribution >= 0.6 is 11.3 Å². The zero-order valence-electron chi connectivity index (χ0n) is 19.2. The summed E-state index contributed by atoms with van der Waals surface area (Å²) in [6.45, 7) is 0.910. The Labute approximate surface area is 201 Å². The van der Waals surface area contributed by atoms with Crippen molar-refractivity contribution in [2.75, 3.05) is 25.6 Å². The summed E-state index contributed by atoms with van der Waals surface area (Å²) >= 11 is 1.29. The van der Waals surface area contributed by atoms with E-state index in [0.717, 1.165) is 56.1 Å². The lowest BCUT2D eigenvalue weighted by Gasteiger charge is -2.52. The molecule has 2 amide bonds. The summed E-state index contributed by atoms with van der Waals surface area (Å²) < 4.78 is 23.7. The van der Waals surface area contributed by atoms with Crippen LogP contribution in [-0.2, 0) is 9.59 Å². The minimum Gasteiger partial charge on any atom is -0.326 e. The Kier molecular flexibility index (Phi) is 7.14. The molecule has 2 heterocycles. The topological polar surface area (TPSA) is 98.1 Å². The zero-order valence-corrected chi connectivity index (χ0v) is 20.0. The van der Waals surface area contributed by atoms with Crippen LogP contribution in [0.3, 0.4) is 0 Å². The van der Waals surface area contributed by atoms with Crippen LogP contribution in [0.2, 0.25) is 0 Å². The smallest absolute Gasteiger partial charge is 0.237 e. The normalized spacial score (nSPS) is 27.7. The number of rotatable bonds is 5. The lowest BCUT2D eigenvalue weighted by molar-refractivity contribution is -0.135. The maximum absolute atomic E-state index is 13.4. The number of nitrogens with zero attached hydrogens (tertiary/aromatic N) is 3. The highest BCUT2D eigenvalue weighted by atomic mass is 32.1. The van der Waals surface area contributed by atoms with Gasteiger partial charge in [-0.15, -0.1) is 0 Å². The number of carbonyl (C=O) groups excluding carboxylic acids is 2. The van der Waals surface area contributed by atoms with Crippen LogP contribution in [0.4, 0.5) is 13.9 Å². The fourth-order valence-electron chi connectivity index (χ4n) is 5.54. The highest BCUT2D eigenvalue weighted by molar-refractivity contribution is 7.22. The number of thiazole rings is 1. The van der Waals surface area contributed by atoms with Crippen LogP contribution in [0.15, 0.2) is 18.2 Å². The first-order valence-electron chi connectivity index (χ1n) is 11.6. The molecule has 3 aliphatic carbocycles. The molecular formula is C24H29F2N5O2S. The van der Waals surface area contributed by atoms with E-state index in [4.69, 9.17) is 0 Å². The number of benzene rings is 1. The number of carbonyl (C=O) groups is 2. The molecule has 3 saturated carbocycles. The Morgan fingerprint density at radius 3 is 2.62 bits per heavy atom. The number of halogens is 2. The Morgan fingerprint density at radius 2 is 1.94 bits per heavy atom. The van der Waals surface area contributed by atoms with Crippen molar-refractivity contribution in [3.8, 4) is 6.07 Å². The molecule has 2 aromatic rings. The van der Waals surface area contributed by atoms with Gasteiger partial charge in [-0.1, -0.05) is 11.3 Å². The second-order valence-electron chi connectivity index (χ2n) is 9.37. The van der Waals surface area contributed by atoms with Crippen molar-refractivity contribution in [2.24, 2.45) is 5.41 Å². The molecule has 1 saturated heterocycles. The second-order valence-corrected chi connectivity index (χ2v) is 10.4. The van der Waals surface area contributed by atoms with Gasteiger partial charge < -0.3 is 15.5 Å². The molecule has 2 bridgehead atoms. The fourth-order valence-corrected chi connectivity index (χ4v) is 6.42. The summed E-state index contributed by atoms with van der Waals surface area (Å²) in [5.41, 5.74) is 0.172. The van der Waals surface area contributed by atoms with Gasteiger partial charge >= 0.3 is 0 Å². The van der Waals surface area contributed by atoms with Crippen LogP contribution in [0.1, 0.15) is 51.4 Å². The van der Waals surface area contributed by atoms with Crippen LogP contribution in [0.25, 0.3) is 10.2 Å². The molecule has 34 heavy (non-hydrogen) atoms. The molecule has 1 unspecified atom stereocenters. The standard InChI is InChI=1S/C23H26FN5O2S.CH3F/c24-15-3-4-17-18(12-15)32-21(27-17)28-20(31)22-5-8-23(9-6-22,10-7-22)26-14-19(30)29-11-1-2-16(29)13-25;1-2/h3-4,12,16,26H,1-2,5-11,14H2,(H,27,28,31);1H3. The Bertz CT molecular complexity index is 1090. The lowest BCUT2D eigenvalue weighted by Crippen LogP contribution is -2.59. The van der Waals surface area contributed by atoms with E-state index in [-0.39, 0.29) is 35.8 Å². The molecule has 4 aliphatic rings. The Hall–Kier alpha value is -2.64. The van der Waals surface area contributed by atoms with Crippen LogP contribution in [-0.4, -0.2) is 53.5 Å². The number of anilines is 1. The minimum absolute atomic E-state index is 0.00384. The van der Waals surface area contributed by atoms with Gasteiger partial charge in [0.1, 0.15) is 11.9 Å². The van der Waals surface area contributed by atoms with Crippen LogP contribution in [0.5, 0.6) is 0 Å². The number of nitrogens with one attached hydrogen (secondary N) is 2. The molecule has 4 fully saturated rings. The molecule has 10 heteroatoms. The van der Waals surface area contributed by atoms with Gasteiger partial charge in [-0.05, 0) is 69.6 Å². The highest BCUT2D eigenvalue weighted by Crippen LogP contribution is 2.53. The summed E-state index contributed by atoms with van der Waals surface area (Å²) in [5, 5.41) is 16.2. The predicted octanol–water partition coefficient (Wildman–Crippen LogP) is 4.16. The van der Waals surface area contributed by atoms with E-state index in [1.165, 1.54) is 23.5 Å². The predicted molar refractivity (Wildman–Crippen MR) is 126 cm³/mol. The van der Waals surface area contributed by atoms with Gasteiger partial charge in [0.05, 0.1) is 30.0 Å². The summed E-state index contributed by atoms with van der Waals surface area (Å²) in [5.74, 6) is -0.321. The molecule has 0 radical (unpaired) electrons. The second kappa shape index (κ2) is 9.92. The van der Waals surface area contributed by atoms with Crippen molar-refractivity contribution < 1.29 is 18.4 Å². The van der Waals surface area contributed by atoms with Gasteiger partial charge in [-0.25, -0.2) is 9.37 Å². The molecular weight excluding hydrogens is 460 g/mol. The summed E-state index contributed by atoms with van der Waals surface area (Å²) in [7, 11) is 0.500. The molecule has 182 valence electrons. The van der Waals surface area contributed by atoms with Gasteiger partial charge in [0.2, 0.25) is 11.8 Å². The molecule has 6 rings (SSSR count). The zero-order chi connectivity index (χ0) is 24.3. The van der Waals surface area contributed by atoms with Crippen molar-refractivity contribution in [1.82, 2.24) is 15.2 Å². The number of hydrogen-bond donors (Lipinski definition) is 2. The van der Waals surface area contributed by atoms with E-state index < -0.39 is 5.41 Å². The highest BCUT2D eigenvalue weighted by Gasteiger charge is 2.52. The number of amides is 2. The SMILES string of the molecule is CF.N#CC1CCCN1C(=O)CNC12CCC(C(=O)Nc3nc4ccc(F)cc4s3)(CC1)CC2. The van der Waals surface area contributed by atoms with Crippen molar-refractivity contribution in [1.29, 1.82) is 5.26 Å². The Balaban J connectivity index is 0.00000133. The maximum Gasteiger partial charge on any atom is 0.237 e. The van der Waals surface area contributed by atoms with Crippen molar-refractivity contribution in [3.63, 3.8) is 0 Å². The molecule has 2 N–H and O–H groups in total. The molecule has 0 spiro atoms. The molecule has 1 aromatic heterocycles. The summed E-state index contributed by atoms with van der Waals surface area (Å²) in [6, 6.07) is 6.36. The number of hydrogen-bond acceptors (Lipinski definition) is 6. The third-order valence-electron chi connectivity index (χ3n) is 7.64. The first kappa shape index (κ1) is 24.5. The van der Waals surface area contributed by atoms with Gasteiger partial charge in [0.15, 0.2) is 5.13 Å². The van der Waals surface area contributed by atoms with Crippen molar-refractivity contribution >= 4 is 38.5 Å². The minimum atomic E-state index is -0.405. The van der Waals surface area contributed by atoms with Crippen molar-refractivity contribution in [3.05, 3.63) is 24.0 Å². The molecule has 1 atom stereocenters. The van der Waals surface area contributed by atoms with E-state index in [0.29, 0.717) is 24.4 Å². The summed E-state index contributed by atoms with van der Waals surface area (Å²) in [4.78, 5) is 31.9. The molecule has 1 aliphatic heterocycles. The summed E-state index contributed by atoms with van der Waals surface area (Å²) in [6.07, 6.45) is 6.49. The third kappa shape index (κ3) is 4.64. The van der Waals surface area contributed by atoms with Crippen LogP contribution < -0.4 is 10.6 Å². The van der Waals surface area contributed by atoms with Gasteiger partial charge in [-0.3, -0.25) is 14.0 Å². The largest absolute Gasteiger partial charge is 0.326 e. The average Bonchev–Trinajstić information content (AvgIpc) is 3.51. The van der Waals surface area contributed by atoms with E-state index in [1.807, 2.05) is 0 Å². The van der Waals surface area contributed by atoms with E-state index in [2.05, 4.69) is 21.7 Å². The first-order valence-corrected chi connectivity index (χ1v) is 12.4. The average molecular weight is 490 g/mol. The lowest BCUT2D eigenvalue weighted by atomic mass is 9.57. The van der Waals surface area contributed by atoms with Gasteiger partial charge in [0, 0.05) is 17.5 Å². The quantitative estimate of drug-likeness (QED) is 0.657. The number of nitriles is 1. The maximum atomic E-state index is 13.4.